The molecule has 0 aromatic heterocycles. The Labute approximate surface area is 415 Å². The van der Waals surface area contributed by atoms with Crippen molar-refractivity contribution in [1.29, 1.82) is 0 Å². The third-order valence-electron chi connectivity index (χ3n) is 11.5. The van der Waals surface area contributed by atoms with Crippen LogP contribution in [0.5, 0.6) is 0 Å². The molecule has 0 bridgehead atoms. The summed E-state index contributed by atoms with van der Waals surface area (Å²) in [5, 5.41) is -4.71. The zero-order valence-electron chi connectivity index (χ0n) is 38.1. The Kier molecular flexibility index (Phi) is 26.8. The first-order chi connectivity index (χ1) is 32.9. The van der Waals surface area contributed by atoms with Crippen LogP contribution < -0.4 is 0 Å². The lowest BCUT2D eigenvalue weighted by Gasteiger charge is -2.40. The quantitative estimate of drug-likeness (QED) is 0.0271. The normalized spacial score (nSPS) is 16.0. The molecule has 74 heavy (non-hydrogen) atoms. The van der Waals surface area contributed by atoms with Crippen molar-refractivity contribution in [3.05, 3.63) is 0 Å². The second-order valence-corrected chi connectivity index (χ2v) is 23.3. The second-order valence-electron chi connectivity index (χ2n) is 17.2. The fourth-order valence-corrected chi connectivity index (χ4v) is 10.8. The fourth-order valence-electron chi connectivity index (χ4n) is 6.79. The van der Waals surface area contributed by atoms with Gasteiger partial charge in [0.25, 0.3) is 20.2 Å². The average Bonchev–Trinajstić information content (AvgIpc) is 3.22. The van der Waals surface area contributed by atoms with Crippen LogP contribution in [-0.2, 0) is 20.2 Å². The smallest absolute Gasteiger partial charge is 0.285 e. The predicted molar refractivity (Wildman–Crippen MR) is 219 cm³/mol. The molecule has 0 saturated carbocycles. The molecule has 0 rings (SSSR count). The number of unbranched alkanes of at least 4 members (excludes halogenated alkanes) is 14. The molecule has 0 aliphatic rings. The molecule has 446 valence electrons. The molecule has 0 radical (unpaired) electrons. The maximum Gasteiger partial charge on any atom is 0.460 e. The van der Waals surface area contributed by atoms with Crippen LogP contribution in [0.25, 0.3) is 0 Å². The molecule has 2 atom stereocenters. The first-order valence-corrected chi connectivity index (χ1v) is 27.5. The molecule has 2 unspecified atom stereocenters. The van der Waals surface area contributed by atoms with Crippen LogP contribution in [0, 0.1) is 0 Å². The van der Waals surface area contributed by atoms with Gasteiger partial charge in [0.15, 0.2) is 0 Å². The number of hydrogen-bond donors (Lipinski definition) is 2. The van der Waals surface area contributed by atoms with Crippen LogP contribution in [0.4, 0.5) is 114 Å². The van der Waals surface area contributed by atoms with Gasteiger partial charge in [-0.1, -0.05) is 111 Å². The lowest BCUT2D eigenvalue weighted by molar-refractivity contribution is -0.440. The van der Waals surface area contributed by atoms with Crippen LogP contribution >= 0.6 is 21.6 Å². The molecule has 6 nitrogen and oxygen atoms in total. The summed E-state index contributed by atoms with van der Waals surface area (Å²) < 4.78 is 412. The van der Waals surface area contributed by atoms with Crippen LogP contribution in [0.1, 0.15) is 141 Å². The van der Waals surface area contributed by atoms with E-state index < -0.39 is 141 Å². The molecule has 0 aromatic rings. The van der Waals surface area contributed by atoms with Gasteiger partial charge in [0.1, 0.15) is 0 Å². The zero-order chi connectivity index (χ0) is 58.5. The Balaban J connectivity index is 4.45. The number of rotatable bonds is 39. The fraction of sp³-hybridized carbons (Fsp3) is 1.00. The van der Waals surface area contributed by atoms with Gasteiger partial charge >= 0.3 is 71.6 Å². The number of halogens is 26. The Morgan fingerprint density at radius 1 is 0.284 bits per heavy atom. The third-order valence-corrected chi connectivity index (χ3v) is 16.7. The number of hydrogen-bond acceptors (Lipinski definition) is 6. The standard InChI is InChI=1S/C38H52F26O6S4/c39-27(40,29(43,44)31(47,48)33(51,52)35(55,56)37(59,60)61)21-19-25(73(65,66)67)17-13-9-5-1-3-7-11-15-23-71-72-24-16-12-8-4-2-6-10-14-18-26(74(68,69)70)20-22-28(41,42)30(45,46)32(49,50)34(53,54)36(57,58)38(62,63)64/h25-26H,1-24H2,(H,65,66,67)(H,68,69,70). The topological polar surface area (TPSA) is 109 Å². The van der Waals surface area contributed by atoms with Crippen molar-refractivity contribution in [2.75, 3.05) is 11.5 Å². The van der Waals surface area contributed by atoms with Gasteiger partial charge in [-0.15, -0.1) is 0 Å². The minimum absolute atomic E-state index is 0.170. The maximum atomic E-state index is 14.1. The van der Waals surface area contributed by atoms with Gasteiger partial charge < -0.3 is 0 Å². The molecule has 0 saturated heterocycles. The van der Waals surface area contributed by atoms with E-state index in [0.717, 1.165) is 50.0 Å². The summed E-state index contributed by atoms with van der Waals surface area (Å²) in [6, 6.07) is 0. The van der Waals surface area contributed by atoms with Crippen molar-refractivity contribution in [2.45, 2.75) is 223 Å². The van der Waals surface area contributed by atoms with Crippen LogP contribution in [0.2, 0.25) is 0 Å². The summed E-state index contributed by atoms with van der Waals surface area (Å²) in [4.78, 5) is 0. The van der Waals surface area contributed by atoms with Crippen LogP contribution in [0.15, 0.2) is 0 Å². The molecule has 2 N–H and O–H groups in total. The van der Waals surface area contributed by atoms with Gasteiger partial charge in [0.05, 0.1) is 10.5 Å². The van der Waals surface area contributed by atoms with Crippen molar-refractivity contribution in [3.63, 3.8) is 0 Å². The molecular weight excluding hydrogens is 1170 g/mol. The summed E-state index contributed by atoms with van der Waals surface area (Å²) in [5.74, 6) is -74.6. The van der Waals surface area contributed by atoms with E-state index in [-0.39, 0.29) is 25.7 Å². The van der Waals surface area contributed by atoms with Crippen molar-refractivity contribution in [2.24, 2.45) is 0 Å². The van der Waals surface area contributed by atoms with Gasteiger partial charge in [-0.3, -0.25) is 9.11 Å². The lowest BCUT2D eigenvalue weighted by atomic mass is 9.91. The van der Waals surface area contributed by atoms with E-state index >= 15 is 0 Å². The van der Waals surface area contributed by atoms with Crippen molar-refractivity contribution >= 4 is 41.8 Å². The van der Waals surface area contributed by atoms with Crippen molar-refractivity contribution in [1.82, 2.24) is 0 Å². The minimum Gasteiger partial charge on any atom is -0.285 e. The molecule has 0 spiro atoms. The zero-order valence-corrected chi connectivity index (χ0v) is 41.4. The highest BCUT2D eigenvalue weighted by molar-refractivity contribution is 8.76. The Morgan fingerprint density at radius 3 is 0.703 bits per heavy atom. The Hall–Kier alpha value is -1.30. The van der Waals surface area contributed by atoms with Gasteiger partial charge in [0.2, 0.25) is 0 Å². The van der Waals surface area contributed by atoms with E-state index in [4.69, 9.17) is 0 Å². The predicted octanol–water partition coefficient (Wildman–Crippen LogP) is 16.9. The summed E-state index contributed by atoms with van der Waals surface area (Å²) in [6.45, 7) is 0. The monoisotopic (exact) mass is 1230 g/mol. The summed E-state index contributed by atoms with van der Waals surface area (Å²) in [5.41, 5.74) is 0. The van der Waals surface area contributed by atoms with E-state index in [1.807, 2.05) is 0 Å². The van der Waals surface area contributed by atoms with E-state index in [2.05, 4.69) is 0 Å². The van der Waals surface area contributed by atoms with E-state index in [1.54, 1.807) is 21.6 Å². The van der Waals surface area contributed by atoms with Crippen LogP contribution in [0.3, 0.4) is 0 Å². The summed E-state index contributed by atoms with van der Waals surface area (Å²) in [6.07, 6.45) is -17.8. The largest absolute Gasteiger partial charge is 0.460 e. The van der Waals surface area contributed by atoms with Gasteiger partial charge in [0, 0.05) is 24.3 Å². The first-order valence-electron chi connectivity index (χ1n) is 22.0. The maximum absolute atomic E-state index is 14.1. The van der Waals surface area contributed by atoms with Gasteiger partial charge in [-0.05, 0) is 38.5 Å². The summed E-state index contributed by atoms with van der Waals surface area (Å²) >= 11 is 0. The average molecular weight is 1230 g/mol. The molecule has 0 heterocycles. The molecule has 0 aromatic carbocycles. The Bertz CT molecular complexity index is 1760. The minimum atomic E-state index is -8.10. The van der Waals surface area contributed by atoms with Crippen molar-refractivity contribution < 1.29 is 140 Å². The van der Waals surface area contributed by atoms with Crippen LogP contribution in [-0.4, -0.2) is 120 Å². The highest BCUT2D eigenvalue weighted by atomic mass is 33.1. The molecular formula is C38H52F26O6S4. The highest BCUT2D eigenvalue weighted by Crippen LogP contribution is 2.62. The first kappa shape index (κ1) is 72.7. The highest BCUT2D eigenvalue weighted by Gasteiger charge is 2.92. The van der Waals surface area contributed by atoms with Gasteiger partial charge in [-0.25, -0.2) is 0 Å². The number of alkyl halides is 26. The molecule has 36 heteroatoms. The Morgan fingerprint density at radius 2 is 0.486 bits per heavy atom. The summed E-state index contributed by atoms with van der Waals surface area (Å²) in [7, 11) is -7.57. The SMILES string of the molecule is O=S(=O)(O)C(CCCCCCCCCCSSCCCCCCCCCCC(CCC(F)(F)C(F)(F)C(F)(F)C(F)(F)C(F)(F)C(F)(F)F)S(=O)(=O)O)CCC(F)(F)C(F)(F)C(F)(F)C(F)(F)C(F)(F)C(F)(F)F. The van der Waals surface area contributed by atoms with Crippen molar-refractivity contribution in [3.8, 4) is 0 Å². The molecule has 0 amide bonds. The van der Waals surface area contributed by atoms with E-state index in [1.165, 1.54) is 0 Å². The van der Waals surface area contributed by atoms with E-state index in [9.17, 15) is 140 Å². The third kappa shape index (κ3) is 18.1. The molecule has 0 aliphatic carbocycles. The molecule has 0 fully saturated rings. The second kappa shape index (κ2) is 27.2. The lowest BCUT2D eigenvalue weighted by Crippen LogP contribution is -2.70. The van der Waals surface area contributed by atoms with Gasteiger partial charge in [-0.2, -0.15) is 131 Å². The molecule has 0 aliphatic heterocycles. The van der Waals surface area contributed by atoms with E-state index in [0.29, 0.717) is 38.5 Å².